The molecule has 1 aromatic rings. The maximum Gasteiger partial charge on any atom is 0.257 e. The number of hydrogen-bond acceptors (Lipinski definition) is 2. The highest BCUT2D eigenvalue weighted by molar-refractivity contribution is 5.77. The van der Waals surface area contributed by atoms with E-state index in [-0.39, 0.29) is 23.7 Å². The molecule has 24 heavy (non-hydrogen) atoms. The molecule has 0 saturated heterocycles. The highest BCUT2D eigenvalue weighted by Crippen LogP contribution is 2.59. The topological polar surface area (TPSA) is 38.3 Å². The summed E-state index contributed by atoms with van der Waals surface area (Å²) in [7, 11) is 0. The van der Waals surface area contributed by atoms with Gasteiger partial charge < -0.3 is 10.1 Å². The molecule has 3 nitrogen and oxygen atoms in total. The Bertz CT molecular complexity index is 611. The minimum Gasteiger partial charge on any atom is -0.481 e. The van der Waals surface area contributed by atoms with Crippen molar-refractivity contribution in [2.75, 3.05) is 13.2 Å². The number of ether oxygens (including phenoxy) is 1. The molecule has 0 atom stereocenters. The predicted octanol–water partition coefficient (Wildman–Crippen LogP) is 3.68. The first-order valence-electron chi connectivity index (χ1n) is 8.86. The van der Waals surface area contributed by atoms with E-state index in [1.54, 1.807) is 0 Å². The summed E-state index contributed by atoms with van der Waals surface area (Å²) in [5.41, 5.74) is 0.269. The van der Waals surface area contributed by atoms with Crippen LogP contribution in [0.25, 0.3) is 0 Å². The first-order valence-corrected chi connectivity index (χ1v) is 8.86. The number of hydrogen-bond donors (Lipinski definition) is 1. The largest absolute Gasteiger partial charge is 0.481 e. The third-order valence-corrected chi connectivity index (χ3v) is 6.08. The third kappa shape index (κ3) is 3.13. The van der Waals surface area contributed by atoms with Crippen LogP contribution in [0.3, 0.4) is 0 Å². The van der Waals surface area contributed by atoms with Gasteiger partial charge in [-0.3, -0.25) is 4.79 Å². The number of halogens is 2. The highest BCUT2D eigenvalue weighted by atomic mass is 19.1. The van der Waals surface area contributed by atoms with E-state index in [2.05, 4.69) is 5.32 Å². The maximum atomic E-state index is 13.5. The lowest BCUT2D eigenvalue weighted by atomic mass is 9.49. The summed E-state index contributed by atoms with van der Waals surface area (Å²) < 4.78 is 31.5. The van der Waals surface area contributed by atoms with Gasteiger partial charge in [-0.25, -0.2) is 8.78 Å². The average Bonchev–Trinajstić information content (AvgIpc) is 2.51. The van der Waals surface area contributed by atoms with E-state index in [0.717, 1.165) is 29.9 Å². The first-order chi connectivity index (χ1) is 11.5. The fraction of sp³-hybridized carbons (Fsp3) is 0.632. The van der Waals surface area contributed by atoms with Crippen LogP contribution in [0.5, 0.6) is 5.75 Å². The Hall–Kier alpha value is -1.65. The number of rotatable bonds is 5. The molecular weight excluding hydrogens is 312 g/mol. The van der Waals surface area contributed by atoms with Crippen molar-refractivity contribution in [3.8, 4) is 5.75 Å². The van der Waals surface area contributed by atoms with Crippen molar-refractivity contribution < 1.29 is 18.3 Å². The molecule has 1 amide bonds. The van der Waals surface area contributed by atoms with Crippen molar-refractivity contribution >= 4 is 5.91 Å². The summed E-state index contributed by atoms with van der Waals surface area (Å²) in [5.74, 6) is 0.749. The summed E-state index contributed by atoms with van der Waals surface area (Å²) in [6.45, 7) is 0.458. The van der Waals surface area contributed by atoms with Crippen LogP contribution in [-0.2, 0) is 4.79 Å². The quantitative estimate of drug-likeness (QED) is 0.891. The van der Waals surface area contributed by atoms with Gasteiger partial charge >= 0.3 is 0 Å². The maximum absolute atomic E-state index is 13.5. The molecule has 4 aliphatic carbocycles. The molecule has 1 N–H and O–H groups in total. The molecule has 0 spiro atoms. The van der Waals surface area contributed by atoms with Crippen molar-refractivity contribution in [3.05, 3.63) is 29.8 Å². The van der Waals surface area contributed by atoms with E-state index in [4.69, 9.17) is 4.74 Å². The molecule has 4 aliphatic rings. The van der Waals surface area contributed by atoms with E-state index in [1.807, 2.05) is 0 Å². The monoisotopic (exact) mass is 335 g/mol. The predicted molar refractivity (Wildman–Crippen MR) is 85.5 cm³/mol. The Morgan fingerprint density at radius 3 is 2.33 bits per heavy atom. The summed E-state index contributed by atoms with van der Waals surface area (Å²) in [6, 6.07) is 3.07. The van der Waals surface area contributed by atoms with Gasteiger partial charge in [0.15, 0.2) is 18.2 Å². The molecule has 0 radical (unpaired) electrons. The van der Waals surface area contributed by atoms with Gasteiger partial charge in [-0.2, -0.15) is 0 Å². The average molecular weight is 335 g/mol. The lowest BCUT2D eigenvalue weighted by Crippen LogP contribution is -2.51. The molecule has 130 valence electrons. The summed E-state index contributed by atoms with van der Waals surface area (Å²) in [6.07, 6.45) is 7.81. The minimum atomic E-state index is -0.788. The molecular formula is C19H23F2NO2. The molecule has 5 heteroatoms. The lowest BCUT2D eigenvalue weighted by Gasteiger charge is -2.56. The third-order valence-electron chi connectivity index (χ3n) is 6.08. The highest BCUT2D eigenvalue weighted by Gasteiger charge is 2.50. The summed E-state index contributed by atoms with van der Waals surface area (Å²) in [5, 5.41) is 2.98. The van der Waals surface area contributed by atoms with Crippen LogP contribution in [-0.4, -0.2) is 19.1 Å². The molecule has 5 rings (SSSR count). The van der Waals surface area contributed by atoms with E-state index in [1.165, 1.54) is 44.6 Å². The van der Waals surface area contributed by atoms with Crippen LogP contribution in [0.15, 0.2) is 18.2 Å². The number of benzene rings is 1. The second-order valence-electron chi connectivity index (χ2n) is 8.06. The van der Waals surface area contributed by atoms with Gasteiger partial charge in [-0.05, 0) is 73.8 Å². The zero-order valence-electron chi connectivity index (χ0n) is 13.7. The van der Waals surface area contributed by atoms with Gasteiger partial charge in [0, 0.05) is 12.6 Å². The molecule has 0 aromatic heterocycles. The van der Waals surface area contributed by atoms with Crippen molar-refractivity contribution in [2.45, 2.75) is 38.5 Å². The van der Waals surface area contributed by atoms with Crippen molar-refractivity contribution in [2.24, 2.45) is 23.2 Å². The van der Waals surface area contributed by atoms with Gasteiger partial charge in [0.1, 0.15) is 5.82 Å². The van der Waals surface area contributed by atoms with E-state index in [0.29, 0.717) is 6.54 Å². The molecule has 0 unspecified atom stereocenters. The summed E-state index contributed by atoms with van der Waals surface area (Å²) >= 11 is 0. The Balaban J connectivity index is 1.29. The molecule has 1 aromatic carbocycles. The second-order valence-corrected chi connectivity index (χ2v) is 8.06. The smallest absolute Gasteiger partial charge is 0.257 e. The molecule has 4 fully saturated rings. The number of amides is 1. The zero-order chi connectivity index (χ0) is 16.7. The fourth-order valence-electron chi connectivity index (χ4n) is 5.58. The van der Waals surface area contributed by atoms with Gasteiger partial charge in [-0.15, -0.1) is 0 Å². The Morgan fingerprint density at radius 2 is 1.75 bits per heavy atom. The van der Waals surface area contributed by atoms with Crippen molar-refractivity contribution in [3.63, 3.8) is 0 Å². The Morgan fingerprint density at radius 1 is 1.12 bits per heavy atom. The number of nitrogens with one attached hydrogen (secondary N) is 1. The first kappa shape index (κ1) is 15.9. The molecule has 0 aliphatic heterocycles. The van der Waals surface area contributed by atoms with Crippen LogP contribution in [0.4, 0.5) is 8.78 Å². The number of carbonyl (C=O) groups excluding carboxylic acids is 1. The van der Waals surface area contributed by atoms with Crippen LogP contribution < -0.4 is 10.1 Å². The van der Waals surface area contributed by atoms with Gasteiger partial charge in [0.2, 0.25) is 0 Å². The van der Waals surface area contributed by atoms with E-state index >= 15 is 0 Å². The number of carbonyl (C=O) groups is 1. The molecule has 4 bridgehead atoms. The van der Waals surface area contributed by atoms with E-state index < -0.39 is 11.6 Å². The second kappa shape index (κ2) is 6.01. The van der Waals surface area contributed by atoms with Crippen molar-refractivity contribution in [1.29, 1.82) is 0 Å². The van der Waals surface area contributed by atoms with Crippen LogP contribution in [0.1, 0.15) is 38.5 Å². The Kier molecular flexibility index (Phi) is 3.97. The summed E-state index contributed by atoms with van der Waals surface area (Å²) in [4.78, 5) is 12.1. The lowest BCUT2D eigenvalue weighted by molar-refractivity contribution is -0.125. The van der Waals surface area contributed by atoms with Crippen LogP contribution in [0, 0.1) is 34.8 Å². The van der Waals surface area contributed by atoms with Gasteiger partial charge in [0.25, 0.3) is 5.91 Å². The van der Waals surface area contributed by atoms with E-state index in [9.17, 15) is 13.6 Å². The SMILES string of the molecule is O=C(COc1ccc(F)cc1F)NCC12CC3CC(CC(C3)C1)C2. The molecule has 4 saturated carbocycles. The van der Waals surface area contributed by atoms with Crippen LogP contribution >= 0.6 is 0 Å². The standard InChI is InChI=1S/C19H23F2NO2/c20-15-1-2-17(16(21)6-15)24-10-18(23)22-11-19-7-12-3-13(8-19)5-14(4-12)9-19/h1-2,6,12-14H,3-5,7-11H2,(H,22,23). The van der Waals surface area contributed by atoms with Crippen molar-refractivity contribution in [1.82, 2.24) is 5.32 Å². The zero-order valence-corrected chi connectivity index (χ0v) is 13.7. The normalized spacial score (nSPS) is 33.5. The fourth-order valence-corrected chi connectivity index (χ4v) is 5.58. The van der Waals surface area contributed by atoms with Gasteiger partial charge in [-0.1, -0.05) is 0 Å². The van der Waals surface area contributed by atoms with Crippen LogP contribution in [0.2, 0.25) is 0 Å². The molecule has 0 heterocycles. The minimum absolute atomic E-state index is 0.0960. The van der Waals surface area contributed by atoms with Gasteiger partial charge in [0.05, 0.1) is 0 Å². The Labute approximate surface area is 140 Å².